The van der Waals surface area contributed by atoms with Crippen molar-refractivity contribution in [2.24, 2.45) is 10.8 Å². The van der Waals surface area contributed by atoms with E-state index < -0.39 is 11.9 Å². The second kappa shape index (κ2) is 9.70. The molecule has 2 aromatic rings. The lowest BCUT2D eigenvalue weighted by Crippen LogP contribution is -2.37. The molecule has 7 heteroatoms. The number of ketones is 2. The highest BCUT2D eigenvalue weighted by Crippen LogP contribution is 2.53. The van der Waals surface area contributed by atoms with Crippen LogP contribution in [0, 0.1) is 10.8 Å². The molecule has 0 N–H and O–H groups in total. The Labute approximate surface area is 228 Å². The summed E-state index contributed by atoms with van der Waals surface area (Å²) in [5, 5.41) is 0. The summed E-state index contributed by atoms with van der Waals surface area (Å²) < 4.78 is 22.9. The third-order valence-electron chi connectivity index (χ3n) is 7.61. The fraction of sp³-hybridized carbons (Fsp3) is 0.406. The Morgan fingerprint density at radius 3 is 1.97 bits per heavy atom. The van der Waals surface area contributed by atoms with E-state index in [0.717, 1.165) is 5.56 Å². The van der Waals surface area contributed by atoms with Crippen LogP contribution in [0.1, 0.15) is 75.2 Å². The lowest BCUT2D eigenvalue weighted by molar-refractivity contribution is -0.120. The van der Waals surface area contributed by atoms with E-state index in [1.807, 2.05) is 0 Å². The third-order valence-corrected chi connectivity index (χ3v) is 7.61. The predicted octanol–water partition coefficient (Wildman–Crippen LogP) is 6.32. The average molecular weight is 531 g/mol. The SMILES string of the molecule is COc1cccc(C(=O)Oc2ccc(C3C4=C(CC(C)(C)CC4=O)OC4=C3C(=O)CC(C)(C)C4)cc2OC)c1. The number of carbonyl (C=O) groups excluding carboxylic acids is 3. The zero-order chi connectivity index (χ0) is 28.1. The Bertz CT molecular complexity index is 1390. The first-order valence-electron chi connectivity index (χ1n) is 13.2. The summed E-state index contributed by atoms with van der Waals surface area (Å²) >= 11 is 0. The van der Waals surface area contributed by atoms with Gasteiger partial charge in [-0.25, -0.2) is 4.79 Å². The van der Waals surface area contributed by atoms with Gasteiger partial charge < -0.3 is 18.9 Å². The van der Waals surface area contributed by atoms with E-state index >= 15 is 0 Å². The standard InChI is InChI=1S/C32H34O7/c1-31(2)14-21(33)28-25(16-31)38-26-17-32(3,4)15-22(34)29(26)27(28)18-10-11-23(24(13-18)37-6)39-30(35)19-8-7-9-20(12-19)36-5/h7-13,27H,14-17H2,1-6H3. The molecule has 7 nitrogen and oxygen atoms in total. The minimum Gasteiger partial charge on any atom is -0.497 e. The molecule has 0 amide bonds. The summed E-state index contributed by atoms with van der Waals surface area (Å²) in [6.07, 6.45) is 1.98. The van der Waals surface area contributed by atoms with Crippen molar-refractivity contribution in [3.8, 4) is 17.2 Å². The van der Waals surface area contributed by atoms with E-state index in [0.29, 0.717) is 65.4 Å². The Hall–Kier alpha value is -3.87. The number of carbonyl (C=O) groups is 3. The van der Waals surface area contributed by atoms with E-state index in [2.05, 4.69) is 27.7 Å². The smallest absolute Gasteiger partial charge is 0.343 e. The fourth-order valence-electron chi connectivity index (χ4n) is 5.86. The number of Topliss-reactive ketones (excluding diaryl/α,β-unsaturated/α-hetero) is 2. The molecule has 2 aliphatic carbocycles. The van der Waals surface area contributed by atoms with Crippen LogP contribution in [-0.2, 0) is 14.3 Å². The monoisotopic (exact) mass is 530 g/mol. The minimum atomic E-state index is -0.562. The van der Waals surface area contributed by atoms with Gasteiger partial charge in [0.1, 0.15) is 17.3 Å². The van der Waals surface area contributed by atoms with Gasteiger partial charge in [0.25, 0.3) is 0 Å². The highest BCUT2D eigenvalue weighted by atomic mass is 16.6. The normalized spacial score (nSPS) is 20.2. The number of esters is 1. The Kier molecular flexibility index (Phi) is 6.65. The fourth-order valence-corrected chi connectivity index (χ4v) is 5.86. The van der Waals surface area contributed by atoms with Crippen molar-refractivity contribution in [1.82, 2.24) is 0 Å². The Balaban J connectivity index is 1.56. The van der Waals surface area contributed by atoms with Crippen LogP contribution in [0.5, 0.6) is 17.2 Å². The molecule has 0 saturated carbocycles. The molecule has 0 unspecified atom stereocenters. The molecule has 0 bridgehead atoms. The third kappa shape index (κ3) is 5.10. The number of ether oxygens (including phenoxy) is 4. The van der Waals surface area contributed by atoms with Crippen LogP contribution >= 0.6 is 0 Å². The number of hydrogen-bond donors (Lipinski definition) is 0. The molecule has 0 fully saturated rings. The molecular formula is C32H34O7. The van der Waals surface area contributed by atoms with Gasteiger partial charge >= 0.3 is 5.97 Å². The zero-order valence-corrected chi connectivity index (χ0v) is 23.3. The highest BCUT2D eigenvalue weighted by molar-refractivity contribution is 6.06. The van der Waals surface area contributed by atoms with Crippen molar-refractivity contribution in [3.05, 3.63) is 76.3 Å². The van der Waals surface area contributed by atoms with E-state index in [1.54, 1.807) is 42.5 Å². The van der Waals surface area contributed by atoms with Crippen LogP contribution in [0.2, 0.25) is 0 Å². The van der Waals surface area contributed by atoms with Crippen LogP contribution in [-0.4, -0.2) is 31.8 Å². The zero-order valence-electron chi connectivity index (χ0n) is 23.3. The van der Waals surface area contributed by atoms with Crippen molar-refractivity contribution in [2.75, 3.05) is 14.2 Å². The molecule has 39 heavy (non-hydrogen) atoms. The summed E-state index contributed by atoms with van der Waals surface area (Å²) in [5.74, 6) is 1.26. The lowest BCUT2D eigenvalue weighted by atomic mass is 9.65. The first-order valence-corrected chi connectivity index (χ1v) is 13.2. The summed E-state index contributed by atoms with van der Waals surface area (Å²) in [6.45, 7) is 8.23. The van der Waals surface area contributed by atoms with Crippen LogP contribution in [0.15, 0.2) is 65.1 Å². The summed E-state index contributed by atoms with van der Waals surface area (Å²) in [7, 11) is 3.02. The van der Waals surface area contributed by atoms with Gasteiger partial charge in [-0.2, -0.15) is 0 Å². The number of benzene rings is 2. The maximum Gasteiger partial charge on any atom is 0.343 e. The number of hydrogen-bond acceptors (Lipinski definition) is 7. The number of methoxy groups -OCH3 is 2. The van der Waals surface area contributed by atoms with Gasteiger partial charge in [0.2, 0.25) is 0 Å². The van der Waals surface area contributed by atoms with E-state index in [-0.39, 0.29) is 28.1 Å². The van der Waals surface area contributed by atoms with Crippen molar-refractivity contribution >= 4 is 17.5 Å². The summed E-state index contributed by atoms with van der Waals surface area (Å²) in [4.78, 5) is 39.9. The van der Waals surface area contributed by atoms with Gasteiger partial charge in [0.05, 0.1) is 19.8 Å². The first kappa shape index (κ1) is 26.7. The van der Waals surface area contributed by atoms with Gasteiger partial charge in [0, 0.05) is 42.7 Å². The number of allylic oxidation sites excluding steroid dienone is 4. The molecule has 204 valence electrons. The molecule has 0 atom stereocenters. The van der Waals surface area contributed by atoms with Crippen LogP contribution in [0.4, 0.5) is 0 Å². The molecule has 1 heterocycles. The molecule has 5 rings (SSSR count). The maximum atomic E-state index is 13.5. The predicted molar refractivity (Wildman–Crippen MR) is 145 cm³/mol. The average Bonchev–Trinajstić information content (AvgIpc) is 2.86. The Morgan fingerprint density at radius 2 is 1.41 bits per heavy atom. The van der Waals surface area contributed by atoms with Gasteiger partial charge in [-0.1, -0.05) is 39.8 Å². The topological polar surface area (TPSA) is 88.1 Å². The second-order valence-electron chi connectivity index (χ2n) is 12.1. The molecular weight excluding hydrogens is 496 g/mol. The summed E-state index contributed by atoms with van der Waals surface area (Å²) in [6, 6.07) is 11.9. The lowest BCUT2D eigenvalue weighted by Gasteiger charge is -2.42. The van der Waals surface area contributed by atoms with Crippen LogP contribution in [0.3, 0.4) is 0 Å². The van der Waals surface area contributed by atoms with Gasteiger partial charge in [0.15, 0.2) is 23.1 Å². The van der Waals surface area contributed by atoms with Gasteiger partial charge in [-0.05, 0) is 46.7 Å². The number of rotatable bonds is 5. The highest BCUT2D eigenvalue weighted by Gasteiger charge is 2.48. The van der Waals surface area contributed by atoms with E-state index in [4.69, 9.17) is 18.9 Å². The van der Waals surface area contributed by atoms with Crippen LogP contribution in [0.25, 0.3) is 0 Å². The quantitative estimate of drug-likeness (QED) is 0.330. The maximum absolute atomic E-state index is 13.5. The van der Waals surface area contributed by atoms with E-state index in [9.17, 15) is 14.4 Å². The van der Waals surface area contributed by atoms with Gasteiger partial charge in [-0.3, -0.25) is 9.59 Å². The molecule has 0 spiro atoms. The first-order chi connectivity index (χ1) is 18.4. The summed E-state index contributed by atoms with van der Waals surface area (Å²) in [5.41, 5.74) is 1.68. The van der Waals surface area contributed by atoms with Crippen molar-refractivity contribution in [1.29, 1.82) is 0 Å². The molecule has 0 radical (unpaired) electrons. The second-order valence-corrected chi connectivity index (χ2v) is 12.1. The molecule has 0 saturated heterocycles. The molecule has 3 aliphatic rings. The molecule has 0 aromatic heterocycles. The molecule has 2 aromatic carbocycles. The molecule has 1 aliphatic heterocycles. The van der Waals surface area contributed by atoms with Crippen LogP contribution < -0.4 is 14.2 Å². The van der Waals surface area contributed by atoms with Crippen molar-refractivity contribution in [2.45, 2.75) is 59.3 Å². The minimum absolute atomic E-state index is 0.0112. The van der Waals surface area contributed by atoms with Crippen molar-refractivity contribution in [3.63, 3.8) is 0 Å². The Morgan fingerprint density at radius 1 is 0.795 bits per heavy atom. The largest absolute Gasteiger partial charge is 0.497 e. The van der Waals surface area contributed by atoms with Crippen molar-refractivity contribution < 1.29 is 33.3 Å². The van der Waals surface area contributed by atoms with E-state index in [1.165, 1.54) is 14.2 Å². The van der Waals surface area contributed by atoms with Gasteiger partial charge in [-0.15, -0.1) is 0 Å².